The van der Waals surface area contributed by atoms with Gasteiger partial charge in [0.25, 0.3) is 0 Å². The second kappa shape index (κ2) is 8.04. The quantitative estimate of drug-likeness (QED) is 0.684. The predicted octanol–water partition coefficient (Wildman–Crippen LogP) is 1.95. The van der Waals surface area contributed by atoms with Crippen LogP contribution in [0.15, 0.2) is 54.6 Å². The number of morpholine rings is 1. The zero-order valence-corrected chi connectivity index (χ0v) is 16.1. The summed E-state index contributed by atoms with van der Waals surface area (Å²) in [5, 5.41) is 4.88. The van der Waals surface area contributed by atoms with E-state index in [2.05, 4.69) is 0 Å². The minimum atomic E-state index is 0.693. The van der Waals surface area contributed by atoms with Crippen molar-refractivity contribution in [2.24, 2.45) is 0 Å². The standard InChI is InChI=1S/C20H22N4O2S/c1-25-18-9-5-6-16(14-18)19-21-23(15-22-10-12-26-13-11-22)20(27)24(19)17-7-3-2-4-8-17/h2-9,14H,10-13,15H2,1H3/p+1. The Balaban J connectivity index is 1.80. The van der Waals surface area contributed by atoms with E-state index in [1.54, 1.807) is 7.11 Å². The first-order chi connectivity index (χ1) is 13.3. The van der Waals surface area contributed by atoms with Gasteiger partial charge < -0.3 is 14.4 Å². The molecule has 2 aromatic carbocycles. The maximum atomic E-state index is 5.81. The topological polar surface area (TPSA) is 45.6 Å². The Hall–Kier alpha value is -2.48. The number of benzene rings is 2. The maximum absolute atomic E-state index is 5.81. The van der Waals surface area contributed by atoms with Crippen LogP contribution < -0.4 is 9.64 Å². The number of aromatic nitrogens is 3. The van der Waals surface area contributed by atoms with E-state index in [1.807, 2.05) is 63.8 Å². The van der Waals surface area contributed by atoms with Gasteiger partial charge in [-0.3, -0.25) is 4.57 Å². The van der Waals surface area contributed by atoms with Crippen molar-refractivity contribution in [3.8, 4) is 22.8 Å². The highest BCUT2D eigenvalue weighted by Crippen LogP contribution is 2.25. The first kappa shape index (κ1) is 17.9. The first-order valence-electron chi connectivity index (χ1n) is 9.07. The third kappa shape index (κ3) is 3.80. The first-order valence-corrected chi connectivity index (χ1v) is 9.48. The van der Waals surface area contributed by atoms with Crippen LogP contribution >= 0.6 is 12.2 Å². The van der Waals surface area contributed by atoms with Gasteiger partial charge in [0.15, 0.2) is 12.5 Å². The van der Waals surface area contributed by atoms with Gasteiger partial charge in [0.1, 0.15) is 18.8 Å². The Morgan fingerprint density at radius 3 is 2.63 bits per heavy atom. The molecule has 7 heteroatoms. The molecule has 1 fully saturated rings. The summed E-state index contributed by atoms with van der Waals surface area (Å²) in [4.78, 5) is 1.42. The number of hydrogen-bond acceptors (Lipinski definition) is 4. The second-order valence-electron chi connectivity index (χ2n) is 6.53. The zero-order valence-electron chi connectivity index (χ0n) is 15.3. The number of ether oxygens (including phenoxy) is 2. The molecule has 1 aromatic heterocycles. The van der Waals surface area contributed by atoms with E-state index >= 15 is 0 Å². The molecule has 0 aliphatic carbocycles. The normalized spacial score (nSPS) is 15.0. The van der Waals surface area contributed by atoms with Crippen molar-refractivity contribution < 1.29 is 14.4 Å². The molecule has 0 radical (unpaired) electrons. The molecule has 6 nitrogen and oxygen atoms in total. The van der Waals surface area contributed by atoms with Gasteiger partial charge in [0, 0.05) is 11.3 Å². The molecule has 0 unspecified atom stereocenters. The van der Waals surface area contributed by atoms with Gasteiger partial charge in [-0.25, -0.2) is 0 Å². The van der Waals surface area contributed by atoms with Gasteiger partial charge in [-0.05, 0) is 36.5 Å². The number of hydrogen-bond donors (Lipinski definition) is 1. The molecule has 0 amide bonds. The molecular formula is C20H23N4O2S+. The molecule has 140 valence electrons. The highest BCUT2D eigenvalue weighted by molar-refractivity contribution is 7.71. The van der Waals surface area contributed by atoms with Gasteiger partial charge in [0.2, 0.25) is 4.77 Å². The number of para-hydroxylation sites is 1. The van der Waals surface area contributed by atoms with Crippen LogP contribution in [-0.4, -0.2) is 47.8 Å². The fourth-order valence-corrected chi connectivity index (χ4v) is 3.60. The summed E-state index contributed by atoms with van der Waals surface area (Å²) < 4.78 is 15.5. The molecule has 0 spiro atoms. The number of nitrogens with one attached hydrogen (secondary N) is 1. The highest BCUT2D eigenvalue weighted by atomic mass is 32.1. The van der Waals surface area contributed by atoms with Crippen molar-refractivity contribution in [1.29, 1.82) is 0 Å². The van der Waals surface area contributed by atoms with Gasteiger partial charge in [-0.15, -0.1) is 5.10 Å². The SMILES string of the molecule is COc1cccc(-c2nn(C[NH+]3CCOCC3)c(=S)n2-c2ccccc2)c1. The summed E-state index contributed by atoms with van der Waals surface area (Å²) in [6, 6.07) is 18.0. The van der Waals surface area contributed by atoms with Crippen LogP contribution in [0.25, 0.3) is 17.1 Å². The number of nitrogens with zero attached hydrogens (tertiary/aromatic N) is 3. The number of rotatable bonds is 5. The van der Waals surface area contributed by atoms with E-state index in [-0.39, 0.29) is 0 Å². The lowest BCUT2D eigenvalue weighted by atomic mass is 10.2. The summed E-state index contributed by atoms with van der Waals surface area (Å²) in [6.45, 7) is 4.23. The highest BCUT2D eigenvalue weighted by Gasteiger charge is 2.19. The Labute approximate surface area is 163 Å². The van der Waals surface area contributed by atoms with Crippen molar-refractivity contribution in [2.75, 3.05) is 33.4 Å². The molecule has 0 bridgehead atoms. The lowest BCUT2D eigenvalue weighted by Crippen LogP contribution is -3.13. The molecule has 0 saturated carbocycles. The van der Waals surface area contributed by atoms with E-state index in [0.29, 0.717) is 4.77 Å². The van der Waals surface area contributed by atoms with Gasteiger partial charge in [-0.2, -0.15) is 4.68 Å². The average Bonchev–Trinajstić information content (AvgIpc) is 3.05. The van der Waals surface area contributed by atoms with Crippen LogP contribution in [-0.2, 0) is 11.4 Å². The lowest BCUT2D eigenvalue weighted by Gasteiger charge is -2.23. The predicted molar refractivity (Wildman–Crippen MR) is 106 cm³/mol. The van der Waals surface area contributed by atoms with Crippen molar-refractivity contribution in [1.82, 2.24) is 14.3 Å². The zero-order chi connectivity index (χ0) is 18.6. The molecule has 1 N–H and O–H groups in total. The molecule has 1 aliphatic rings. The molecule has 1 saturated heterocycles. The van der Waals surface area contributed by atoms with Gasteiger partial charge >= 0.3 is 0 Å². The maximum Gasteiger partial charge on any atom is 0.207 e. The van der Waals surface area contributed by atoms with Crippen LogP contribution in [0.4, 0.5) is 0 Å². The molecule has 4 rings (SSSR count). The third-order valence-corrected chi connectivity index (χ3v) is 5.15. The van der Waals surface area contributed by atoms with Crippen LogP contribution in [0.2, 0.25) is 0 Å². The molecular weight excluding hydrogens is 360 g/mol. The Morgan fingerprint density at radius 2 is 1.89 bits per heavy atom. The van der Waals surface area contributed by atoms with Crippen molar-refractivity contribution >= 4 is 12.2 Å². The van der Waals surface area contributed by atoms with Crippen molar-refractivity contribution in [2.45, 2.75) is 6.67 Å². The van der Waals surface area contributed by atoms with Crippen LogP contribution in [0.5, 0.6) is 5.75 Å². The molecule has 2 heterocycles. The Bertz CT molecular complexity index is 962. The summed E-state index contributed by atoms with van der Waals surface area (Å²) in [5.41, 5.74) is 1.98. The van der Waals surface area contributed by atoms with Crippen LogP contribution in [0, 0.1) is 4.77 Å². The Morgan fingerprint density at radius 1 is 1.11 bits per heavy atom. The summed E-state index contributed by atoms with van der Waals surface area (Å²) in [6.07, 6.45) is 0. The fourth-order valence-electron chi connectivity index (χ4n) is 3.30. The number of quaternary nitrogens is 1. The lowest BCUT2D eigenvalue weighted by molar-refractivity contribution is -0.930. The monoisotopic (exact) mass is 383 g/mol. The fraction of sp³-hybridized carbons (Fsp3) is 0.300. The summed E-state index contributed by atoms with van der Waals surface area (Å²) in [5.74, 6) is 1.61. The Kier molecular flexibility index (Phi) is 5.33. The van der Waals surface area contributed by atoms with Crippen LogP contribution in [0.3, 0.4) is 0 Å². The van der Waals surface area contributed by atoms with Gasteiger partial charge in [-0.1, -0.05) is 30.3 Å². The van der Waals surface area contributed by atoms with Crippen molar-refractivity contribution in [3.05, 3.63) is 59.4 Å². The van der Waals surface area contributed by atoms with E-state index < -0.39 is 0 Å². The molecule has 0 atom stereocenters. The molecule has 27 heavy (non-hydrogen) atoms. The smallest absolute Gasteiger partial charge is 0.207 e. The largest absolute Gasteiger partial charge is 0.497 e. The average molecular weight is 383 g/mol. The number of methoxy groups -OCH3 is 1. The molecule has 3 aromatic rings. The van der Waals surface area contributed by atoms with Crippen LogP contribution in [0.1, 0.15) is 0 Å². The van der Waals surface area contributed by atoms with E-state index in [1.165, 1.54) is 4.90 Å². The second-order valence-corrected chi connectivity index (χ2v) is 6.89. The van der Waals surface area contributed by atoms with E-state index in [4.69, 9.17) is 26.8 Å². The minimum Gasteiger partial charge on any atom is -0.497 e. The van der Waals surface area contributed by atoms with Gasteiger partial charge in [0.05, 0.1) is 20.3 Å². The minimum absolute atomic E-state index is 0.693. The van der Waals surface area contributed by atoms with E-state index in [0.717, 1.165) is 55.8 Å². The third-order valence-electron chi connectivity index (χ3n) is 4.75. The van der Waals surface area contributed by atoms with E-state index in [9.17, 15) is 0 Å². The van der Waals surface area contributed by atoms with Crippen molar-refractivity contribution in [3.63, 3.8) is 0 Å². The summed E-state index contributed by atoms with van der Waals surface area (Å²) in [7, 11) is 1.67. The molecule has 1 aliphatic heterocycles. The summed E-state index contributed by atoms with van der Waals surface area (Å²) >= 11 is 5.81.